The number of anilines is 2. The first-order valence-electron chi connectivity index (χ1n) is 12.7. The monoisotopic (exact) mass is 601 g/mol. The first-order valence-corrected chi connectivity index (χ1v) is 15.3. The standard InChI is InChI=1S/C28H23N7O3S3/c1-38-16-7-4-6-15(12-16)23-17(13-29)25(30)35(19-9-5-10-20(36)24(19)23)27-33-34-28(41-27)39-14-22(37)32-26-31-18-8-2-3-11-21(18)40-26/h2-4,6-8,11-12,23H,5,9-10,14,30H2,1H3,(H,31,32,37). The number of methoxy groups -OCH3 is 1. The summed E-state index contributed by atoms with van der Waals surface area (Å²) in [5.74, 6) is 0.138. The second kappa shape index (κ2) is 11.3. The van der Waals surface area contributed by atoms with E-state index in [4.69, 9.17) is 10.5 Å². The van der Waals surface area contributed by atoms with E-state index in [0.717, 1.165) is 21.5 Å². The van der Waals surface area contributed by atoms with Crippen LogP contribution in [0.2, 0.25) is 0 Å². The Morgan fingerprint density at radius 1 is 1.22 bits per heavy atom. The topological polar surface area (TPSA) is 147 Å². The van der Waals surface area contributed by atoms with Gasteiger partial charge in [-0.15, -0.1) is 10.2 Å². The van der Waals surface area contributed by atoms with E-state index in [9.17, 15) is 14.9 Å². The molecule has 0 fully saturated rings. The number of thioether (sulfide) groups is 1. The van der Waals surface area contributed by atoms with Gasteiger partial charge in [-0.25, -0.2) is 4.98 Å². The molecule has 2 aliphatic rings. The van der Waals surface area contributed by atoms with Gasteiger partial charge in [0.25, 0.3) is 0 Å². The van der Waals surface area contributed by atoms with Gasteiger partial charge in [-0.2, -0.15) is 5.26 Å². The van der Waals surface area contributed by atoms with Gasteiger partial charge in [0.2, 0.25) is 11.0 Å². The van der Waals surface area contributed by atoms with E-state index in [2.05, 4.69) is 26.6 Å². The quantitative estimate of drug-likeness (QED) is 0.271. The fourth-order valence-electron chi connectivity index (χ4n) is 5.02. The zero-order valence-electron chi connectivity index (χ0n) is 21.8. The van der Waals surface area contributed by atoms with Crippen molar-refractivity contribution in [2.45, 2.75) is 29.5 Å². The Bertz CT molecular complexity index is 1750. The summed E-state index contributed by atoms with van der Waals surface area (Å²) in [6.45, 7) is 0. The van der Waals surface area contributed by atoms with Crippen LogP contribution in [0.5, 0.6) is 5.75 Å². The molecule has 3 heterocycles. The minimum absolute atomic E-state index is 0.0186. The predicted octanol–water partition coefficient (Wildman–Crippen LogP) is 5.19. The van der Waals surface area contributed by atoms with E-state index in [1.807, 2.05) is 48.5 Å². The lowest BCUT2D eigenvalue weighted by molar-refractivity contribution is -0.116. The van der Waals surface area contributed by atoms with Crippen LogP contribution >= 0.6 is 34.4 Å². The molecule has 1 unspecified atom stereocenters. The number of thiazole rings is 1. The van der Waals surface area contributed by atoms with Crippen molar-refractivity contribution in [3.05, 3.63) is 76.8 Å². The number of hydrogen-bond donors (Lipinski definition) is 2. The SMILES string of the molecule is COc1cccc(C2C(C#N)=C(N)N(c3nnc(SCC(=O)Nc4nc5ccccc5s4)s3)C3=C2C(=O)CCC3)c1. The Kier molecular flexibility index (Phi) is 7.44. The number of aromatic nitrogens is 3. The van der Waals surface area contributed by atoms with E-state index < -0.39 is 5.92 Å². The summed E-state index contributed by atoms with van der Waals surface area (Å²) in [5, 5.41) is 22.6. The van der Waals surface area contributed by atoms with Crippen LogP contribution in [0.3, 0.4) is 0 Å². The van der Waals surface area contributed by atoms with Crippen molar-refractivity contribution in [2.24, 2.45) is 5.73 Å². The van der Waals surface area contributed by atoms with Crippen molar-refractivity contribution in [1.29, 1.82) is 5.26 Å². The number of nitrogens with one attached hydrogen (secondary N) is 1. The predicted molar refractivity (Wildman–Crippen MR) is 160 cm³/mol. The summed E-state index contributed by atoms with van der Waals surface area (Å²) in [5.41, 5.74) is 9.78. The number of nitrogens with two attached hydrogens (primary N) is 1. The fourth-order valence-corrected chi connectivity index (χ4v) is 7.58. The third-order valence-electron chi connectivity index (χ3n) is 6.79. The van der Waals surface area contributed by atoms with Crippen LogP contribution in [0.4, 0.5) is 10.3 Å². The van der Waals surface area contributed by atoms with E-state index in [1.165, 1.54) is 34.4 Å². The van der Waals surface area contributed by atoms with Crippen molar-refractivity contribution >= 4 is 66.6 Å². The van der Waals surface area contributed by atoms with Crippen LogP contribution in [0.15, 0.2) is 75.5 Å². The molecular formula is C28H23N7O3S3. The van der Waals surface area contributed by atoms with Crippen LogP contribution in [0.1, 0.15) is 30.7 Å². The zero-order valence-corrected chi connectivity index (χ0v) is 24.2. The lowest BCUT2D eigenvalue weighted by Crippen LogP contribution is -2.38. The van der Waals surface area contributed by atoms with Gasteiger partial charge in [-0.3, -0.25) is 14.5 Å². The number of Topliss-reactive ketones (excluding diaryl/α,β-unsaturated/α-hetero) is 1. The zero-order chi connectivity index (χ0) is 28.5. The Morgan fingerprint density at radius 3 is 2.88 bits per heavy atom. The summed E-state index contributed by atoms with van der Waals surface area (Å²) in [4.78, 5) is 32.1. The van der Waals surface area contributed by atoms with E-state index in [-0.39, 0.29) is 28.8 Å². The van der Waals surface area contributed by atoms with Crippen molar-refractivity contribution in [2.75, 3.05) is 23.1 Å². The highest BCUT2D eigenvalue weighted by Gasteiger charge is 2.41. The lowest BCUT2D eigenvalue weighted by atomic mass is 9.76. The highest BCUT2D eigenvalue weighted by molar-refractivity contribution is 8.01. The molecular weight excluding hydrogens is 579 g/mol. The van der Waals surface area contributed by atoms with Crippen LogP contribution in [-0.4, -0.2) is 39.7 Å². The molecule has 6 rings (SSSR count). The third kappa shape index (κ3) is 5.17. The van der Waals surface area contributed by atoms with Gasteiger partial charge in [-0.05, 0) is 42.7 Å². The molecule has 206 valence electrons. The Hall–Kier alpha value is -4.25. The number of nitrogens with zero attached hydrogens (tertiary/aromatic N) is 5. The molecule has 1 aliphatic heterocycles. The normalized spacial score (nSPS) is 17.0. The van der Waals surface area contributed by atoms with Gasteiger partial charge >= 0.3 is 0 Å². The van der Waals surface area contributed by atoms with Crippen LogP contribution in [0.25, 0.3) is 10.2 Å². The molecule has 0 saturated heterocycles. The van der Waals surface area contributed by atoms with Gasteiger partial charge in [0.15, 0.2) is 15.3 Å². The molecule has 13 heteroatoms. The molecule has 41 heavy (non-hydrogen) atoms. The van der Waals surface area contributed by atoms with Crippen molar-refractivity contribution in [3.8, 4) is 11.8 Å². The molecule has 4 aromatic rings. The summed E-state index contributed by atoms with van der Waals surface area (Å²) >= 11 is 3.91. The Labute approximate surface area is 247 Å². The number of rotatable bonds is 7. The van der Waals surface area contributed by atoms with E-state index >= 15 is 0 Å². The number of hydrogen-bond acceptors (Lipinski definition) is 12. The van der Waals surface area contributed by atoms with Crippen LogP contribution in [-0.2, 0) is 9.59 Å². The maximum absolute atomic E-state index is 13.3. The number of benzene rings is 2. The minimum atomic E-state index is -0.595. The van der Waals surface area contributed by atoms with Gasteiger partial charge in [-0.1, -0.05) is 58.7 Å². The minimum Gasteiger partial charge on any atom is -0.497 e. The first-order chi connectivity index (χ1) is 20.0. The molecule has 3 N–H and O–H groups in total. The molecule has 2 aromatic heterocycles. The number of carbonyl (C=O) groups excluding carboxylic acids is 2. The van der Waals surface area contributed by atoms with Gasteiger partial charge < -0.3 is 15.8 Å². The molecule has 1 amide bonds. The fraction of sp³-hybridized carbons (Fsp3) is 0.214. The maximum Gasteiger partial charge on any atom is 0.236 e. The number of carbonyl (C=O) groups is 2. The molecule has 10 nitrogen and oxygen atoms in total. The second-order valence-corrected chi connectivity index (χ2v) is 12.5. The number of amides is 1. The number of para-hydroxylation sites is 1. The summed E-state index contributed by atoms with van der Waals surface area (Å²) in [6.07, 6.45) is 1.67. The van der Waals surface area contributed by atoms with Gasteiger partial charge in [0, 0.05) is 17.7 Å². The Morgan fingerprint density at radius 2 is 2.07 bits per heavy atom. The highest BCUT2D eigenvalue weighted by Crippen LogP contribution is 2.47. The third-order valence-corrected chi connectivity index (χ3v) is 9.79. The molecule has 0 bridgehead atoms. The van der Waals surface area contributed by atoms with Crippen molar-refractivity contribution < 1.29 is 14.3 Å². The summed E-state index contributed by atoms with van der Waals surface area (Å²) in [6, 6.07) is 17.3. The van der Waals surface area contributed by atoms with Crippen molar-refractivity contribution in [1.82, 2.24) is 15.2 Å². The van der Waals surface area contributed by atoms with Gasteiger partial charge in [0.05, 0.1) is 40.6 Å². The van der Waals surface area contributed by atoms with Gasteiger partial charge in [0.1, 0.15) is 11.6 Å². The average Bonchev–Trinajstić information content (AvgIpc) is 3.62. The summed E-state index contributed by atoms with van der Waals surface area (Å²) in [7, 11) is 1.57. The molecule has 0 radical (unpaired) electrons. The average molecular weight is 602 g/mol. The first kappa shape index (κ1) is 26.9. The molecule has 1 aliphatic carbocycles. The second-order valence-electron chi connectivity index (χ2n) is 9.27. The molecule has 0 saturated carbocycles. The highest BCUT2D eigenvalue weighted by atomic mass is 32.2. The van der Waals surface area contributed by atoms with Crippen LogP contribution in [0, 0.1) is 11.3 Å². The molecule has 1 atom stereocenters. The smallest absolute Gasteiger partial charge is 0.236 e. The van der Waals surface area contributed by atoms with E-state index in [0.29, 0.717) is 45.2 Å². The number of nitriles is 1. The number of ether oxygens (including phenoxy) is 1. The summed E-state index contributed by atoms with van der Waals surface area (Å²) < 4.78 is 6.95. The number of ketones is 1. The number of allylic oxidation sites excluding steroid dienone is 3. The molecule has 2 aromatic carbocycles. The lowest BCUT2D eigenvalue weighted by Gasteiger charge is -2.38. The van der Waals surface area contributed by atoms with E-state index in [1.54, 1.807) is 12.0 Å². The van der Waals surface area contributed by atoms with Crippen molar-refractivity contribution in [3.63, 3.8) is 0 Å². The number of fused-ring (bicyclic) bond motifs is 1. The van der Waals surface area contributed by atoms with Crippen LogP contribution < -0.4 is 20.7 Å². The Balaban J connectivity index is 1.25. The maximum atomic E-state index is 13.3. The largest absolute Gasteiger partial charge is 0.497 e. The molecule has 0 spiro atoms.